The second-order valence-electron chi connectivity index (χ2n) is 11.4. The number of hydrogen-bond donors (Lipinski definition) is 2. The molecule has 11 nitrogen and oxygen atoms in total. The second-order valence-corrected chi connectivity index (χ2v) is 12.2. The van der Waals surface area contributed by atoms with Gasteiger partial charge in [0.05, 0.1) is 35.1 Å². The van der Waals surface area contributed by atoms with Gasteiger partial charge in [-0.05, 0) is 36.6 Å². The molecule has 7 rings (SSSR count). The Labute approximate surface area is 268 Å². The molecule has 2 amide bonds. The number of fused-ring (bicyclic) bond motifs is 1. The van der Waals surface area contributed by atoms with Crippen LogP contribution in [0, 0.1) is 0 Å². The van der Waals surface area contributed by atoms with Crippen LogP contribution >= 0.6 is 23.2 Å². The number of halogens is 2. The van der Waals surface area contributed by atoms with E-state index < -0.39 is 17.1 Å². The quantitative estimate of drug-likeness (QED) is 0.304. The normalized spacial score (nSPS) is 18.2. The monoisotopic (exact) mass is 646 g/mol. The zero-order valence-corrected chi connectivity index (χ0v) is 25.9. The lowest BCUT2D eigenvalue weighted by molar-refractivity contribution is -0.0925. The molecule has 0 bridgehead atoms. The number of rotatable bonds is 6. The van der Waals surface area contributed by atoms with E-state index in [0.29, 0.717) is 58.6 Å². The number of benzene rings is 2. The maximum Gasteiger partial charge on any atom is 0.407 e. The van der Waals surface area contributed by atoms with Crippen molar-refractivity contribution in [1.82, 2.24) is 25.0 Å². The summed E-state index contributed by atoms with van der Waals surface area (Å²) in [6, 6.07) is 14.4. The van der Waals surface area contributed by atoms with E-state index in [-0.39, 0.29) is 22.7 Å². The largest absolute Gasteiger partial charge is 0.481 e. The number of likely N-dealkylation sites (tertiary alicyclic amines) is 1. The van der Waals surface area contributed by atoms with Gasteiger partial charge in [0, 0.05) is 54.6 Å². The summed E-state index contributed by atoms with van der Waals surface area (Å²) in [5, 5.41) is 10.1. The fourth-order valence-corrected chi connectivity index (χ4v) is 7.08. The number of anilines is 1. The number of methoxy groups -OCH3 is 1. The number of nitrogens with one attached hydrogen (secondary N) is 2. The Morgan fingerprint density at radius 3 is 2.56 bits per heavy atom. The number of nitrogens with zero attached hydrogens (tertiary/aromatic N) is 4. The summed E-state index contributed by atoms with van der Waals surface area (Å²) in [4.78, 5) is 44.1. The smallest absolute Gasteiger partial charge is 0.407 e. The number of amides is 2. The molecule has 2 fully saturated rings. The van der Waals surface area contributed by atoms with Crippen LogP contribution in [0.25, 0.3) is 22.4 Å². The number of alkyl carbamates (subject to hydrolysis) is 1. The van der Waals surface area contributed by atoms with Crippen LogP contribution in [0.3, 0.4) is 0 Å². The Morgan fingerprint density at radius 2 is 1.82 bits per heavy atom. The minimum absolute atomic E-state index is 0.0551. The molecular weight excluding hydrogens is 619 g/mol. The van der Waals surface area contributed by atoms with Crippen LogP contribution < -0.4 is 20.9 Å². The molecule has 4 aromatic rings. The first-order chi connectivity index (χ1) is 21.7. The second kappa shape index (κ2) is 11.2. The number of aryl methyl sites for hydroxylation is 2. The third kappa shape index (κ3) is 5.01. The van der Waals surface area contributed by atoms with Gasteiger partial charge < -0.3 is 20.1 Å². The number of ether oxygens (including phenoxy) is 2. The highest BCUT2D eigenvalue weighted by atomic mass is 35.5. The fraction of sp³-hybridized carbons (Fsp3) is 0.281. The Morgan fingerprint density at radius 1 is 1.09 bits per heavy atom. The zero-order chi connectivity index (χ0) is 31.5. The highest BCUT2D eigenvalue weighted by Crippen LogP contribution is 2.47. The molecule has 2 saturated heterocycles. The summed E-state index contributed by atoms with van der Waals surface area (Å²) in [6.07, 6.45) is 2.77. The molecule has 0 saturated carbocycles. The fourth-order valence-electron chi connectivity index (χ4n) is 6.48. The van der Waals surface area contributed by atoms with E-state index in [1.165, 1.54) is 19.3 Å². The maximum atomic E-state index is 12.9. The first-order valence-corrected chi connectivity index (χ1v) is 15.1. The van der Waals surface area contributed by atoms with Crippen molar-refractivity contribution in [2.75, 3.05) is 32.1 Å². The predicted molar refractivity (Wildman–Crippen MR) is 169 cm³/mol. The van der Waals surface area contributed by atoms with Crippen molar-refractivity contribution in [3.63, 3.8) is 0 Å². The van der Waals surface area contributed by atoms with Gasteiger partial charge in [-0.25, -0.2) is 14.5 Å². The van der Waals surface area contributed by atoms with Crippen LogP contribution in [0.15, 0.2) is 59.5 Å². The molecule has 4 heterocycles. The summed E-state index contributed by atoms with van der Waals surface area (Å²) < 4.78 is 12.4. The molecule has 13 heteroatoms. The zero-order valence-electron chi connectivity index (χ0n) is 24.4. The van der Waals surface area contributed by atoms with Crippen LogP contribution in [-0.2, 0) is 18.2 Å². The molecule has 0 unspecified atom stereocenters. The Bertz CT molecular complexity index is 1940. The summed E-state index contributed by atoms with van der Waals surface area (Å²) in [7, 11) is 3.08. The van der Waals surface area contributed by atoms with Gasteiger partial charge in [-0.2, -0.15) is 5.10 Å². The van der Waals surface area contributed by atoms with Crippen molar-refractivity contribution >= 4 is 40.9 Å². The van der Waals surface area contributed by atoms with Gasteiger partial charge in [-0.1, -0.05) is 53.5 Å². The van der Waals surface area contributed by atoms with Crippen molar-refractivity contribution in [3.05, 3.63) is 91.8 Å². The minimum Gasteiger partial charge on any atom is -0.481 e. The molecular formula is C32H28Cl2N6O5. The molecule has 2 aromatic heterocycles. The van der Waals surface area contributed by atoms with Crippen molar-refractivity contribution in [3.8, 4) is 28.3 Å². The molecule has 2 N–H and O–H groups in total. The van der Waals surface area contributed by atoms with Crippen molar-refractivity contribution < 1.29 is 19.1 Å². The van der Waals surface area contributed by atoms with E-state index in [1.807, 2.05) is 24.3 Å². The third-order valence-electron chi connectivity index (χ3n) is 8.67. The first kappa shape index (κ1) is 29.3. The summed E-state index contributed by atoms with van der Waals surface area (Å²) >= 11 is 13.9. The Kier molecular flexibility index (Phi) is 7.26. The van der Waals surface area contributed by atoms with Crippen molar-refractivity contribution in [2.45, 2.75) is 24.5 Å². The topological polar surface area (TPSA) is 128 Å². The van der Waals surface area contributed by atoms with E-state index >= 15 is 0 Å². The molecule has 0 radical (unpaired) electrons. The van der Waals surface area contributed by atoms with Crippen LogP contribution in [0.4, 0.5) is 10.5 Å². The lowest BCUT2D eigenvalue weighted by Crippen LogP contribution is -2.64. The first-order valence-electron chi connectivity index (χ1n) is 14.4. The van der Waals surface area contributed by atoms with Gasteiger partial charge >= 0.3 is 6.09 Å². The van der Waals surface area contributed by atoms with Gasteiger partial charge in [0.1, 0.15) is 5.56 Å². The molecule has 3 aliphatic rings. The number of aromatic nitrogens is 3. The Balaban J connectivity index is 1.18. The van der Waals surface area contributed by atoms with Crippen LogP contribution in [0.1, 0.15) is 33.9 Å². The van der Waals surface area contributed by atoms with Crippen molar-refractivity contribution in [2.24, 2.45) is 7.05 Å². The van der Waals surface area contributed by atoms with Gasteiger partial charge in [0.25, 0.3) is 11.5 Å². The van der Waals surface area contributed by atoms with Gasteiger partial charge in [-0.15, -0.1) is 0 Å². The average molecular weight is 648 g/mol. The van der Waals surface area contributed by atoms with Gasteiger partial charge in [0.15, 0.2) is 5.60 Å². The third-order valence-corrected chi connectivity index (χ3v) is 9.49. The van der Waals surface area contributed by atoms with Gasteiger partial charge in [0.2, 0.25) is 5.88 Å². The van der Waals surface area contributed by atoms with E-state index in [1.54, 1.807) is 19.2 Å². The summed E-state index contributed by atoms with van der Waals surface area (Å²) in [6.45, 7) is 1.84. The van der Waals surface area contributed by atoms with E-state index in [4.69, 9.17) is 37.7 Å². The van der Waals surface area contributed by atoms with Crippen LogP contribution in [0.5, 0.6) is 5.88 Å². The average Bonchev–Trinajstić information content (AvgIpc) is 3.62. The Hall–Kier alpha value is -4.45. The SMILES string of the molecule is COc1nc(-c2cccc(-c3cccc(NC(=O)c4ccnn(C)c4=O)c3Cl)c2Cl)cc2c1[C@@H](N1CC3(CNC(=O)O3)C1)CC2. The lowest BCUT2D eigenvalue weighted by Gasteiger charge is -2.48. The summed E-state index contributed by atoms with van der Waals surface area (Å²) in [5.41, 5.74) is 4.12. The molecule has 230 valence electrons. The minimum atomic E-state index is -0.598. The van der Waals surface area contributed by atoms with Crippen molar-refractivity contribution in [1.29, 1.82) is 0 Å². The predicted octanol–water partition coefficient (Wildman–Crippen LogP) is 4.86. The number of carbonyl (C=O) groups is 2. The summed E-state index contributed by atoms with van der Waals surface area (Å²) in [5.74, 6) is -0.0575. The van der Waals surface area contributed by atoms with Gasteiger partial charge in [-0.3, -0.25) is 14.5 Å². The van der Waals surface area contributed by atoms with E-state index in [9.17, 15) is 14.4 Å². The molecule has 2 aliphatic heterocycles. The molecule has 1 atom stereocenters. The highest BCUT2D eigenvalue weighted by Gasteiger charge is 2.53. The number of hydrogen-bond acceptors (Lipinski definition) is 8. The maximum absolute atomic E-state index is 12.9. The number of pyridine rings is 1. The molecule has 45 heavy (non-hydrogen) atoms. The molecule has 2 aromatic carbocycles. The van der Waals surface area contributed by atoms with E-state index in [2.05, 4.69) is 26.7 Å². The van der Waals surface area contributed by atoms with Crippen LogP contribution in [0.2, 0.25) is 10.0 Å². The standard InChI is InChI=1S/C32H28Cl2N6O5/c1-39-30(42)21(11-12-36-39)28(41)37-22-8-4-6-19(27(22)34)18-5-3-7-20(26(18)33)23-13-17-9-10-24(25(17)29(38-23)44-2)40-15-32(16-40)14-35-31(43)45-32/h3-8,11-13,24H,9-10,14-16H2,1-2H3,(H,35,43)(H,37,41)/t24-/m0/s1. The molecule has 1 spiro atoms. The molecule has 1 aliphatic carbocycles. The lowest BCUT2D eigenvalue weighted by atomic mass is 9.91. The van der Waals surface area contributed by atoms with Crippen LogP contribution in [-0.4, -0.2) is 64.0 Å². The van der Waals surface area contributed by atoms with E-state index in [0.717, 1.165) is 28.7 Å². The number of carbonyl (C=O) groups excluding carboxylic acids is 2. The highest BCUT2D eigenvalue weighted by molar-refractivity contribution is 6.39.